The highest BCUT2D eigenvalue weighted by atomic mass is 16.1. The molecule has 4 heterocycles. The van der Waals surface area contributed by atoms with Gasteiger partial charge in [0.25, 0.3) is 11.1 Å². The maximum atomic E-state index is 12.9. The van der Waals surface area contributed by atoms with Crippen molar-refractivity contribution in [3.05, 3.63) is 62.9 Å². The molecule has 3 atom stereocenters. The van der Waals surface area contributed by atoms with Gasteiger partial charge < -0.3 is 14.5 Å². The van der Waals surface area contributed by atoms with Crippen molar-refractivity contribution in [2.24, 2.45) is 7.05 Å². The minimum atomic E-state index is -0.205. The zero-order chi connectivity index (χ0) is 26.3. The van der Waals surface area contributed by atoms with Gasteiger partial charge in [-0.05, 0) is 37.5 Å². The number of anilines is 1. The molecule has 4 aromatic rings. The SMILES string of the molecule is CC[C@H]1CN([C@@H](C)c2ccc3[nH]c(=O)cnc3c2)[C@H](CC)CN1c1cc(=O)n(C)c2cn(CC#N)nc12. The summed E-state index contributed by atoms with van der Waals surface area (Å²) in [5, 5.41) is 13.8. The molecule has 1 aliphatic heterocycles. The van der Waals surface area contributed by atoms with E-state index in [-0.39, 0.29) is 35.8 Å². The Bertz CT molecular complexity index is 1610. The monoisotopic (exact) mass is 500 g/mol. The number of nitriles is 1. The molecule has 37 heavy (non-hydrogen) atoms. The Balaban J connectivity index is 1.50. The Morgan fingerprint density at radius 3 is 2.68 bits per heavy atom. The van der Waals surface area contributed by atoms with E-state index in [4.69, 9.17) is 5.26 Å². The molecule has 1 aromatic carbocycles. The number of aryl methyl sites for hydroxylation is 1. The first-order valence-electron chi connectivity index (χ1n) is 12.8. The Hall–Kier alpha value is -3.97. The summed E-state index contributed by atoms with van der Waals surface area (Å²) in [5.74, 6) is 0. The van der Waals surface area contributed by atoms with Gasteiger partial charge in [-0.2, -0.15) is 10.4 Å². The topological polar surface area (TPSA) is 116 Å². The summed E-state index contributed by atoms with van der Waals surface area (Å²) in [5.41, 5.74) is 4.70. The molecule has 1 N–H and O–H groups in total. The number of hydrogen-bond donors (Lipinski definition) is 1. The molecule has 0 radical (unpaired) electrons. The van der Waals surface area contributed by atoms with Crippen LogP contribution in [0.4, 0.5) is 5.69 Å². The van der Waals surface area contributed by atoms with Crippen LogP contribution in [0.25, 0.3) is 22.1 Å². The third-order valence-corrected chi connectivity index (χ3v) is 7.74. The maximum Gasteiger partial charge on any atom is 0.266 e. The van der Waals surface area contributed by atoms with E-state index in [9.17, 15) is 9.59 Å². The highest BCUT2D eigenvalue weighted by Gasteiger charge is 2.36. The average Bonchev–Trinajstić information content (AvgIpc) is 3.33. The van der Waals surface area contributed by atoms with Gasteiger partial charge in [-0.25, -0.2) is 4.98 Å². The van der Waals surface area contributed by atoms with E-state index in [0.717, 1.165) is 59.2 Å². The van der Waals surface area contributed by atoms with Crippen LogP contribution < -0.4 is 16.0 Å². The van der Waals surface area contributed by atoms with Crippen molar-refractivity contribution in [3.8, 4) is 6.07 Å². The summed E-state index contributed by atoms with van der Waals surface area (Å²) in [6.45, 7) is 8.34. The molecule has 192 valence electrons. The first-order chi connectivity index (χ1) is 17.8. The predicted octanol–water partition coefficient (Wildman–Crippen LogP) is 2.94. The molecular weight excluding hydrogens is 468 g/mol. The number of benzene rings is 1. The molecule has 3 aromatic heterocycles. The van der Waals surface area contributed by atoms with E-state index in [0.29, 0.717) is 0 Å². The Morgan fingerprint density at radius 1 is 1.16 bits per heavy atom. The molecule has 0 aliphatic carbocycles. The molecular formula is C27H32N8O2. The van der Waals surface area contributed by atoms with Gasteiger partial charge in [0.2, 0.25) is 0 Å². The molecule has 0 saturated carbocycles. The molecule has 1 aliphatic rings. The standard InChI is InChI=1S/C27H32N8O2/c1-5-19-15-35(23-12-26(37)32(4)24-16-33(10-9-28)31-27(23)24)20(6-2)14-34(19)17(3)18-7-8-21-22(11-18)29-13-25(36)30-21/h7-8,11-13,16-17,19-20H,5-6,10,14-15H2,1-4H3,(H,30,36)/t17-,19+,20-/m0/s1. The van der Waals surface area contributed by atoms with Crippen LogP contribution >= 0.6 is 0 Å². The summed E-state index contributed by atoms with van der Waals surface area (Å²) >= 11 is 0. The van der Waals surface area contributed by atoms with E-state index in [1.165, 1.54) is 6.20 Å². The fourth-order valence-corrected chi connectivity index (χ4v) is 5.57. The average molecular weight is 501 g/mol. The second kappa shape index (κ2) is 9.82. The van der Waals surface area contributed by atoms with Crippen LogP contribution in [0.5, 0.6) is 0 Å². The fraction of sp³-hybridized carbons (Fsp3) is 0.444. The third-order valence-electron chi connectivity index (χ3n) is 7.74. The van der Waals surface area contributed by atoms with Crippen LogP contribution in [0.2, 0.25) is 0 Å². The lowest BCUT2D eigenvalue weighted by Gasteiger charge is -2.49. The minimum absolute atomic E-state index is 0.0839. The summed E-state index contributed by atoms with van der Waals surface area (Å²) in [7, 11) is 1.74. The first-order valence-corrected chi connectivity index (χ1v) is 12.8. The van der Waals surface area contributed by atoms with Crippen molar-refractivity contribution >= 4 is 27.8 Å². The second-order valence-corrected chi connectivity index (χ2v) is 9.82. The summed E-state index contributed by atoms with van der Waals surface area (Å²) < 4.78 is 3.20. The van der Waals surface area contributed by atoms with Gasteiger partial charge in [0.05, 0.1) is 40.7 Å². The molecule has 0 spiro atoms. The van der Waals surface area contributed by atoms with Crippen molar-refractivity contribution in [2.75, 3.05) is 18.0 Å². The first kappa shape index (κ1) is 24.7. The van der Waals surface area contributed by atoms with Gasteiger partial charge in [-0.3, -0.25) is 19.2 Å². The summed E-state index contributed by atoms with van der Waals surface area (Å²) in [6, 6.07) is 10.5. The number of aromatic amines is 1. The Morgan fingerprint density at radius 2 is 1.95 bits per heavy atom. The van der Waals surface area contributed by atoms with Gasteiger partial charge in [0.1, 0.15) is 12.1 Å². The van der Waals surface area contributed by atoms with Crippen molar-refractivity contribution in [1.29, 1.82) is 5.26 Å². The predicted molar refractivity (Wildman–Crippen MR) is 144 cm³/mol. The number of pyridine rings is 1. The smallest absolute Gasteiger partial charge is 0.266 e. The fourth-order valence-electron chi connectivity index (χ4n) is 5.57. The van der Waals surface area contributed by atoms with E-state index in [2.05, 4.69) is 63.8 Å². The van der Waals surface area contributed by atoms with Crippen LogP contribution in [0, 0.1) is 11.3 Å². The van der Waals surface area contributed by atoms with Crippen molar-refractivity contribution in [2.45, 2.75) is 58.3 Å². The Labute approximate surface area is 214 Å². The van der Waals surface area contributed by atoms with Crippen molar-refractivity contribution in [1.82, 2.24) is 29.2 Å². The molecule has 0 unspecified atom stereocenters. The normalized spacial score (nSPS) is 19.4. The van der Waals surface area contributed by atoms with Crippen LogP contribution in [0.3, 0.4) is 0 Å². The maximum absolute atomic E-state index is 12.9. The molecule has 0 bridgehead atoms. The van der Waals surface area contributed by atoms with Gasteiger partial charge in [-0.1, -0.05) is 19.9 Å². The lowest BCUT2D eigenvalue weighted by atomic mass is 9.96. The number of piperazine rings is 1. The number of rotatable bonds is 6. The van der Waals surface area contributed by atoms with Crippen LogP contribution in [-0.2, 0) is 13.6 Å². The quantitative estimate of drug-likeness (QED) is 0.433. The zero-order valence-corrected chi connectivity index (χ0v) is 21.7. The van der Waals surface area contributed by atoms with E-state index in [1.807, 2.05) is 6.07 Å². The lowest BCUT2D eigenvalue weighted by molar-refractivity contribution is 0.101. The molecule has 10 heteroatoms. The number of hydrogen-bond acceptors (Lipinski definition) is 7. The molecule has 5 rings (SSSR count). The molecule has 1 fully saturated rings. The summed E-state index contributed by atoms with van der Waals surface area (Å²) in [6.07, 6.45) is 4.96. The van der Waals surface area contributed by atoms with Crippen LogP contribution in [0.1, 0.15) is 45.2 Å². The van der Waals surface area contributed by atoms with Crippen LogP contribution in [-0.4, -0.2) is 54.4 Å². The van der Waals surface area contributed by atoms with E-state index >= 15 is 0 Å². The van der Waals surface area contributed by atoms with Crippen LogP contribution in [0.15, 0.2) is 46.2 Å². The highest BCUT2D eigenvalue weighted by molar-refractivity contribution is 5.88. The number of aromatic nitrogens is 5. The minimum Gasteiger partial charge on any atom is -0.364 e. The molecule has 10 nitrogen and oxygen atoms in total. The second-order valence-electron chi connectivity index (χ2n) is 9.82. The highest BCUT2D eigenvalue weighted by Crippen LogP contribution is 2.34. The van der Waals surface area contributed by atoms with Gasteiger partial charge in [0, 0.05) is 44.3 Å². The van der Waals surface area contributed by atoms with E-state index in [1.54, 1.807) is 28.6 Å². The Kier molecular flexibility index (Phi) is 6.56. The van der Waals surface area contributed by atoms with Crippen molar-refractivity contribution < 1.29 is 0 Å². The zero-order valence-electron chi connectivity index (χ0n) is 21.7. The third kappa shape index (κ3) is 4.40. The van der Waals surface area contributed by atoms with Gasteiger partial charge in [-0.15, -0.1) is 0 Å². The van der Waals surface area contributed by atoms with Gasteiger partial charge >= 0.3 is 0 Å². The molecule has 0 amide bonds. The van der Waals surface area contributed by atoms with Gasteiger partial charge in [0.15, 0.2) is 0 Å². The number of nitrogens with one attached hydrogen (secondary N) is 1. The van der Waals surface area contributed by atoms with Crippen molar-refractivity contribution in [3.63, 3.8) is 0 Å². The molecule has 1 saturated heterocycles. The van der Waals surface area contributed by atoms with E-state index < -0.39 is 0 Å². The number of fused-ring (bicyclic) bond motifs is 2. The summed E-state index contributed by atoms with van der Waals surface area (Å²) in [4.78, 5) is 36.6. The number of nitrogens with zero attached hydrogens (tertiary/aromatic N) is 7. The largest absolute Gasteiger partial charge is 0.364 e. The number of H-pyrrole nitrogens is 1. The lowest BCUT2D eigenvalue weighted by Crippen LogP contribution is -2.58.